The lowest BCUT2D eigenvalue weighted by Crippen LogP contribution is -2.30. The minimum Gasteiger partial charge on any atom is -0.481 e. The molecule has 1 saturated heterocycles. The van der Waals surface area contributed by atoms with Crippen LogP contribution in [0.2, 0.25) is 0 Å². The van der Waals surface area contributed by atoms with Crippen molar-refractivity contribution >= 4 is 17.7 Å². The van der Waals surface area contributed by atoms with Gasteiger partial charge in [0.05, 0.1) is 11.5 Å². The molecule has 0 bridgehead atoms. The topological polar surface area (TPSA) is 87.8 Å². The smallest absolute Gasteiger partial charge is 0.308 e. The van der Waals surface area contributed by atoms with E-state index in [0.717, 1.165) is 6.42 Å². The summed E-state index contributed by atoms with van der Waals surface area (Å²) in [5, 5.41) is 9.00. The molecule has 0 spiro atoms. The van der Waals surface area contributed by atoms with Crippen molar-refractivity contribution < 1.29 is 23.9 Å². The van der Waals surface area contributed by atoms with Crippen molar-refractivity contribution in [3.8, 4) is 0 Å². The number of hydrogen-bond donors (Lipinski definition) is 1. The number of aryl methyl sites for hydroxylation is 1. The van der Waals surface area contributed by atoms with Gasteiger partial charge in [-0.05, 0) is 19.8 Å². The number of rotatable bonds is 2. The second-order valence-corrected chi connectivity index (χ2v) is 5.71. The van der Waals surface area contributed by atoms with E-state index in [4.69, 9.17) is 9.52 Å². The molecule has 0 saturated carbocycles. The number of carboxylic acids is 1. The van der Waals surface area contributed by atoms with Crippen LogP contribution in [0, 0.1) is 12.8 Å². The first-order chi connectivity index (χ1) is 9.99. The number of ketones is 1. The Kier molecular flexibility index (Phi) is 3.31. The fourth-order valence-corrected chi connectivity index (χ4v) is 3.14. The van der Waals surface area contributed by atoms with Gasteiger partial charge in [-0.15, -0.1) is 0 Å². The zero-order valence-corrected chi connectivity index (χ0v) is 11.8. The second kappa shape index (κ2) is 5.02. The summed E-state index contributed by atoms with van der Waals surface area (Å²) < 4.78 is 5.62. The highest BCUT2D eigenvalue weighted by molar-refractivity contribution is 6.03. The van der Waals surface area contributed by atoms with E-state index < -0.39 is 11.9 Å². The summed E-state index contributed by atoms with van der Waals surface area (Å²) in [6.45, 7) is 2.34. The van der Waals surface area contributed by atoms with Crippen molar-refractivity contribution in [2.24, 2.45) is 5.92 Å². The third-order valence-corrected chi connectivity index (χ3v) is 4.33. The molecule has 112 valence electrons. The van der Waals surface area contributed by atoms with Gasteiger partial charge in [-0.1, -0.05) is 0 Å². The van der Waals surface area contributed by atoms with E-state index in [-0.39, 0.29) is 24.0 Å². The number of carboxylic acid groups (broad SMARTS) is 1. The van der Waals surface area contributed by atoms with Gasteiger partial charge in [0.2, 0.25) is 0 Å². The number of Topliss-reactive ketones (excluding diaryl/α,β-unsaturated/α-hetero) is 1. The minimum absolute atomic E-state index is 0.0291. The maximum absolute atomic E-state index is 12.5. The van der Waals surface area contributed by atoms with E-state index in [0.29, 0.717) is 42.7 Å². The number of nitrogens with zero attached hydrogens (tertiary/aromatic N) is 1. The Labute approximate surface area is 121 Å². The molecule has 1 aromatic heterocycles. The monoisotopic (exact) mass is 291 g/mol. The fraction of sp³-hybridized carbons (Fsp3) is 0.533. The lowest BCUT2D eigenvalue weighted by molar-refractivity contribution is -0.141. The van der Waals surface area contributed by atoms with Crippen LogP contribution in [0.4, 0.5) is 0 Å². The van der Waals surface area contributed by atoms with Gasteiger partial charge in [-0.2, -0.15) is 0 Å². The molecule has 1 atom stereocenters. The molecular weight excluding hydrogens is 274 g/mol. The van der Waals surface area contributed by atoms with Crippen molar-refractivity contribution in [2.75, 3.05) is 13.1 Å². The average Bonchev–Trinajstić information content (AvgIpc) is 3.04. The quantitative estimate of drug-likeness (QED) is 0.895. The van der Waals surface area contributed by atoms with Crippen LogP contribution >= 0.6 is 0 Å². The van der Waals surface area contributed by atoms with Gasteiger partial charge in [0, 0.05) is 31.5 Å². The number of furan rings is 1. The minimum atomic E-state index is -0.879. The van der Waals surface area contributed by atoms with Gasteiger partial charge in [0.25, 0.3) is 5.91 Å². The zero-order valence-electron chi connectivity index (χ0n) is 11.8. The van der Waals surface area contributed by atoms with Crippen molar-refractivity contribution in [1.82, 2.24) is 4.90 Å². The fourth-order valence-electron chi connectivity index (χ4n) is 3.14. The molecule has 6 heteroatoms. The molecule has 1 aliphatic heterocycles. The maximum atomic E-state index is 12.5. The Balaban J connectivity index is 1.86. The molecule has 0 aromatic carbocycles. The highest BCUT2D eigenvalue weighted by Gasteiger charge is 2.35. The average molecular weight is 291 g/mol. The molecule has 0 radical (unpaired) electrons. The van der Waals surface area contributed by atoms with Crippen LogP contribution in [0.15, 0.2) is 4.42 Å². The van der Waals surface area contributed by atoms with Crippen molar-refractivity contribution in [1.29, 1.82) is 0 Å². The van der Waals surface area contributed by atoms with Crippen LogP contribution in [0.5, 0.6) is 0 Å². The molecular formula is C15H17NO5. The highest BCUT2D eigenvalue weighted by Crippen LogP contribution is 2.31. The van der Waals surface area contributed by atoms with Crippen molar-refractivity contribution in [2.45, 2.75) is 32.6 Å². The lowest BCUT2D eigenvalue weighted by Gasteiger charge is -2.14. The van der Waals surface area contributed by atoms with Crippen LogP contribution in [0.3, 0.4) is 0 Å². The summed E-state index contributed by atoms with van der Waals surface area (Å²) in [5.41, 5.74) is 1.15. The zero-order chi connectivity index (χ0) is 15.1. The first kappa shape index (κ1) is 13.9. The standard InChI is InChI=1S/C15H17NO5/c1-8-12-10(17)3-2-4-11(12)21-13(8)14(18)16-6-5-9(7-16)15(19)20/h9H,2-7H2,1H3,(H,19,20). The normalized spacial score (nSPS) is 21.5. The van der Waals surface area contributed by atoms with E-state index in [1.165, 1.54) is 4.90 Å². The summed E-state index contributed by atoms with van der Waals surface area (Å²) in [7, 11) is 0. The van der Waals surface area contributed by atoms with E-state index in [9.17, 15) is 14.4 Å². The summed E-state index contributed by atoms with van der Waals surface area (Å²) in [5.74, 6) is -0.876. The van der Waals surface area contributed by atoms with Crippen molar-refractivity contribution in [3.05, 3.63) is 22.6 Å². The largest absolute Gasteiger partial charge is 0.481 e. The van der Waals surface area contributed by atoms with Crippen LogP contribution < -0.4 is 0 Å². The molecule has 1 aliphatic carbocycles. The number of hydrogen-bond acceptors (Lipinski definition) is 4. The molecule has 1 aromatic rings. The first-order valence-corrected chi connectivity index (χ1v) is 7.16. The SMILES string of the molecule is Cc1c(C(=O)N2CCC(C(=O)O)C2)oc2c1C(=O)CCC2. The number of amides is 1. The maximum Gasteiger partial charge on any atom is 0.308 e. The second-order valence-electron chi connectivity index (χ2n) is 5.71. The van der Waals surface area contributed by atoms with E-state index >= 15 is 0 Å². The van der Waals surface area contributed by atoms with Crippen LogP contribution in [-0.2, 0) is 11.2 Å². The molecule has 6 nitrogen and oxygen atoms in total. The number of likely N-dealkylation sites (tertiary alicyclic amines) is 1. The third-order valence-electron chi connectivity index (χ3n) is 4.33. The van der Waals surface area contributed by atoms with E-state index in [2.05, 4.69) is 0 Å². The van der Waals surface area contributed by atoms with Crippen LogP contribution in [-0.4, -0.2) is 40.8 Å². The van der Waals surface area contributed by atoms with E-state index in [1.807, 2.05) is 0 Å². The molecule has 1 amide bonds. The van der Waals surface area contributed by atoms with Gasteiger partial charge in [0.15, 0.2) is 11.5 Å². The van der Waals surface area contributed by atoms with E-state index in [1.54, 1.807) is 6.92 Å². The number of carbonyl (C=O) groups is 3. The van der Waals surface area contributed by atoms with Gasteiger partial charge >= 0.3 is 5.97 Å². The number of fused-ring (bicyclic) bond motifs is 1. The summed E-state index contributed by atoms with van der Waals surface area (Å²) in [6, 6.07) is 0. The third kappa shape index (κ3) is 2.24. The molecule has 2 heterocycles. The Morgan fingerprint density at radius 3 is 2.71 bits per heavy atom. The Bertz CT molecular complexity index is 630. The molecule has 2 aliphatic rings. The van der Waals surface area contributed by atoms with Gasteiger partial charge < -0.3 is 14.4 Å². The Morgan fingerprint density at radius 1 is 1.33 bits per heavy atom. The van der Waals surface area contributed by atoms with Gasteiger partial charge in [-0.3, -0.25) is 14.4 Å². The molecule has 3 rings (SSSR count). The number of aliphatic carboxylic acids is 1. The van der Waals surface area contributed by atoms with Crippen molar-refractivity contribution in [3.63, 3.8) is 0 Å². The highest BCUT2D eigenvalue weighted by atomic mass is 16.4. The Hall–Kier alpha value is -2.11. The lowest BCUT2D eigenvalue weighted by atomic mass is 9.94. The molecule has 1 unspecified atom stereocenters. The first-order valence-electron chi connectivity index (χ1n) is 7.16. The van der Waals surface area contributed by atoms with Crippen LogP contribution in [0.25, 0.3) is 0 Å². The predicted octanol–water partition coefficient (Wildman–Crippen LogP) is 1.65. The summed E-state index contributed by atoms with van der Waals surface area (Å²) in [6.07, 6.45) is 2.37. The molecule has 1 N–H and O–H groups in total. The Morgan fingerprint density at radius 2 is 2.10 bits per heavy atom. The summed E-state index contributed by atoms with van der Waals surface area (Å²) >= 11 is 0. The van der Waals surface area contributed by atoms with Gasteiger partial charge in [-0.25, -0.2) is 0 Å². The van der Waals surface area contributed by atoms with Gasteiger partial charge in [0.1, 0.15) is 5.76 Å². The summed E-state index contributed by atoms with van der Waals surface area (Å²) in [4.78, 5) is 36.9. The number of carbonyl (C=O) groups excluding carboxylic acids is 2. The molecule has 21 heavy (non-hydrogen) atoms. The molecule has 1 fully saturated rings. The predicted molar refractivity (Wildman–Crippen MR) is 72.4 cm³/mol. The van der Waals surface area contributed by atoms with Crippen LogP contribution in [0.1, 0.15) is 51.5 Å².